The minimum absolute atomic E-state index is 0. The van der Waals surface area contributed by atoms with Crippen LogP contribution in [0.3, 0.4) is 0 Å². The zero-order valence-electron chi connectivity index (χ0n) is 4.19. The molecule has 0 saturated heterocycles. The van der Waals surface area contributed by atoms with Gasteiger partial charge in [-0.1, -0.05) is 6.58 Å². The van der Waals surface area contributed by atoms with Crippen LogP contribution >= 0.6 is 17.0 Å². The Morgan fingerprint density at radius 3 is 2.62 bits per heavy atom. The van der Waals surface area contributed by atoms with Crippen molar-refractivity contribution in [2.24, 2.45) is 0 Å². The van der Waals surface area contributed by atoms with Crippen molar-refractivity contribution in [3.8, 4) is 0 Å². The molecule has 0 spiro atoms. The second-order valence-corrected chi connectivity index (χ2v) is 1.06. The molecule has 0 unspecified atom stereocenters. The maximum atomic E-state index is 3.72. The van der Waals surface area contributed by atoms with E-state index in [9.17, 15) is 0 Å². The fourth-order valence-corrected chi connectivity index (χ4v) is 0.312. The van der Waals surface area contributed by atoms with E-state index in [1.807, 2.05) is 0 Å². The van der Waals surface area contributed by atoms with Crippen LogP contribution in [0.5, 0.6) is 0 Å². The number of hydrogen-bond acceptors (Lipinski definition) is 2. The average Bonchev–Trinajstić information content (AvgIpc) is 2.14. The summed E-state index contributed by atoms with van der Waals surface area (Å²) in [6.45, 7) is 3.46. The summed E-state index contributed by atoms with van der Waals surface area (Å²) in [6, 6.07) is 0. The number of hydrogen-bond donors (Lipinski definition) is 0. The van der Waals surface area contributed by atoms with Gasteiger partial charge in [-0.2, -0.15) is 5.10 Å². The molecule has 0 radical (unpaired) electrons. The third kappa shape index (κ3) is 1.46. The van der Waals surface area contributed by atoms with Crippen molar-refractivity contribution in [3.63, 3.8) is 0 Å². The van der Waals surface area contributed by atoms with E-state index < -0.39 is 0 Å². The van der Waals surface area contributed by atoms with Gasteiger partial charge in [0.25, 0.3) is 0 Å². The van der Waals surface area contributed by atoms with Crippen LogP contribution in [0.4, 0.5) is 0 Å². The van der Waals surface area contributed by atoms with Gasteiger partial charge >= 0.3 is 0 Å². The lowest BCUT2D eigenvalue weighted by atomic mass is 11.0. The topological polar surface area (TPSA) is 30.7 Å². The van der Waals surface area contributed by atoms with E-state index in [1.165, 1.54) is 11.0 Å². The first-order chi connectivity index (χ1) is 3.43. The van der Waals surface area contributed by atoms with Crippen LogP contribution in [0.15, 0.2) is 19.2 Å². The third-order valence-electron chi connectivity index (χ3n) is 0.624. The number of nitrogens with zero attached hydrogens (tertiary/aromatic N) is 3. The molecule has 0 saturated carbocycles. The molecule has 3 nitrogen and oxygen atoms in total. The van der Waals surface area contributed by atoms with E-state index in [4.69, 9.17) is 0 Å². The Kier molecular flexibility index (Phi) is 3.10. The number of halogens is 1. The quantitative estimate of drug-likeness (QED) is 0.637. The standard InChI is InChI=1S/C4H5N3.BrH/c1-2-7-4-5-3-6-7;/h2-4H,1H2;1H. The highest BCUT2D eigenvalue weighted by atomic mass is 79.9. The fourth-order valence-electron chi connectivity index (χ4n) is 0.312. The molecule has 44 valence electrons. The second kappa shape index (κ2) is 3.37. The molecule has 0 amide bonds. The van der Waals surface area contributed by atoms with Gasteiger partial charge in [0.1, 0.15) is 12.7 Å². The second-order valence-electron chi connectivity index (χ2n) is 1.06. The largest absolute Gasteiger partial charge is 0.229 e. The van der Waals surface area contributed by atoms with Gasteiger partial charge < -0.3 is 0 Å². The van der Waals surface area contributed by atoms with Crippen LogP contribution in [-0.2, 0) is 0 Å². The summed E-state index contributed by atoms with van der Waals surface area (Å²) < 4.78 is 1.53. The summed E-state index contributed by atoms with van der Waals surface area (Å²) in [5, 5.41) is 3.72. The molecule has 0 aromatic carbocycles. The van der Waals surface area contributed by atoms with Gasteiger partial charge in [-0.3, -0.25) is 0 Å². The zero-order chi connectivity index (χ0) is 5.11. The molecule has 0 aliphatic rings. The molecule has 1 aromatic heterocycles. The zero-order valence-corrected chi connectivity index (χ0v) is 5.90. The first kappa shape index (κ1) is 7.36. The predicted octanol–water partition coefficient (Wildman–Crippen LogP) is 0.956. The molecule has 1 aromatic rings. The molecule has 1 rings (SSSR count). The smallest absolute Gasteiger partial charge is 0.138 e. The summed E-state index contributed by atoms with van der Waals surface area (Å²) in [6.07, 6.45) is 4.61. The summed E-state index contributed by atoms with van der Waals surface area (Å²) in [4.78, 5) is 3.67. The van der Waals surface area contributed by atoms with Crippen LogP contribution in [0.2, 0.25) is 0 Å². The number of rotatable bonds is 1. The van der Waals surface area contributed by atoms with E-state index >= 15 is 0 Å². The minimum Gasteiger partial charge on any atom is -0.229 e. The summed E-state index contributed by atoms with van der Waals surface area (Å²) in [7, 11) is 0. The average molecular weight is 176 g/mol. The lowest BCUT2D eigenvalue weighted by Gasteiger charge is -1.78. The molecule has 4 heteroatoms. The van der Waals surface area contributed by atoms with E-state index in [0.29, 0.717) is 0 Å². The summed E-state index contributed by atoms with van der Waals surface area (Å²) >= 11 is 0. The van der Waals surface area contributed by atoms with Crippen LogP contribution in [0.25, 0.3) is 6.20 Å². The summed E-state index contributed by atoms with van der Waals surface area (Å²) in [5.74, 6) is 0. The van der Waals surface area contributed by atoms with Crippen molar-refractivity contribution >= 4 is 23.2 Å². The van der Waals surface area contributed by atoms with Crippen molar-refractivity contribution in [2.75, 3.05) is 0 Å². The molecule has 0 N–H and O–H groups in total. The fraction of sp³-hybridized carbons (Fsp3) is 0. The van der Waals surface area contributed by atoms with Crippen molar-refractivity contribution in [1.82, 2.24) is 14.8 Å². The minimum atomic E-state index is 0. The molecule has 0 atom stereocenters. The Labute approximate surface area is 57.8 Å². The van der Waals surface area contributed by atoms with Crippen molar-refractivity contribution < 1.29 is 0 Å². The first-order valence-electron chi connectivity index (χ1n) is 1.90. The monoisotopic (exact) mass is 175 g/mol. The van der Waals surface area contributed by atoms with Crippen LogP contribution < -0.4 is 0 Å². The SMILES string of the molecule is Br.C=Cn1cncn1. The van der Waals surface area contributed by atoms with Crippen molar-refractivity contribution in [3.05, 3.63) is 19.2 Å². The Bertz CT molecular complexity index is 146. The van der Waals surface area contributed by atoms with E-state index in [1.54, 1.807) is 12.5 Å². The molecular weight excluding hydrogens is 170 g/mol. The normalized spacial score (nSPS) is 7.50. The Hall–Kier alpha value is -0.640. The van der Waals surface area contributed by atoms with E-state index in [0.717, 1.165) is 0 Å². The summed E-state index contributed by atoms with van der Waals surface area (Å²) in [5.41, 5.74) is 0. The lowest BCUT2D eigenvalue weighted by molar-refractivity contribution is 0.936. The molecule has 0 fully saturated rings. The van der Waals surface area contributed by atoms with Gasteiger partial charge in [-0.15, -0.1) is 17.0 Å². The van der Waals surface area contributed by atoms with Gasteiger partial charge in [0, 0.05) is 6.20 Å². The van der Waals surface area contributed by atoms with Crippen molar-refractivity contribution in [1.29, 1.82) is 0 Å². The molecule has 0 aliphatic heterocycles. The first-order valence-corrected chi connectivity index (χ1v) is 1.90. The highest BCUT2D eigenvalue weighted by Crippen LogP contribution is 1.74. The maximum Gasteiger partial charge on any atom is 0.138 e. The van der Waals surface area contributed by atoms with Gasteiger partial charge in [0.2, 0.25) is 0 Å². The van der Waals surface area contributed by atoms with E-state index in [2.05, 4.69) is 16.7 Å². The highest BCUT2D eigenvalue weighted by molar-refractivity contribution is 8.93. The maximum absolute atomic E-state index is 3.72. The van der Waals surface area contributed by atoms with Crippen LogP contribution in [-0.4, -0.2) is 14.8 Å². The Balaban J connectivity index is 0.000000490. The van der Waals surface area contributed by atoms with Crippen LogP contribution in [0, 0.1) is 0 Å². The van der Waals surface area contributed by atoms with Crippen LogP contribution in [0.1, 0.15) is 0 Å². The van der Waals surface area contributed by atoms with Crippen molar-refractivity contribution in [2.45, 2.75) is 0 Å². The van der Waals surface area contributed by atoms with Gasteiger partial charge in [0.05, 0.1) is 0 Å². The predicted molar refractivity (Wildman–Crippen MR) is 36.7 cm³/mol. The van der Waals surface area contributed by atoms with Gasteiger partial charge in [0.15, 0.2) is 0 Å². The molecule has 8 heavy (non-hydrogen) atoms. The van der Waals surface area contributed by atoms with E-state index in [-0.39, 0.29) is 17.0 Å². The molecular formula is C4H6BrN3. The molecule has 0 bridgehead atoms. The number of aromatic nitrogens is 3. The van der Waals surface area contributed by atoms with Gasteiger partial charge in [-0.05, 0) is 0 Å². The third-order valence-corrected chi connectivity index (χ3v) is 0.624. The Morgan fingerprint density at radius 1 is 1.62 bits per heavy atom. The lowest BCUT2D eigenvalue weighted by Crippen LogP contribution is -1.81. The molecule has 1 heterocycles. The van der Waals surface area contributed by atoms with Gasteiger partial charge in [-0.25, -0.2) is 9.67 Å². The highest BCUT2D eigenvalue weighted by Gasteiger charge is 1.74. The Morgan fingerprint density at radius 2 is 2.38 bits per heavy atom. The molecule has 0 aliphatic carbocycles.